The number of amides is 2. The lowest BCUT2D eigenvalue weighted by Gasteiger charge is -2.51. The smallest absolute Gasteiger partial charge is 0.327 e. The Hall–Kier alpha value is -2.75. The first kappa shape index (κ1) is 20.0. The van der Waals surface area contributed by atoms with Gasteiger partial charge in [-0.1, -0.05) is 6.07 Å². The summed E-state index contributed by atoms with van der Waals surface area (Å²) in [6.45, 7) is 4.07. The zero-order valence-electron chi connectivity index (χ0n) is 15.5. The standard InChI is InChI=1S/C18H20N2O7S/c1-9(21)18(19-12(23)8-27-11-6-4-5-10(22)7-11)15(26)20-13(14(24)25)17(2,3)28-16(18)20/h4-7,13,16,22H,8H2,1-3H3,(H,19,23)(H,24,25)/t13-,16+,18-/m0/s1. The van der Waals surface area contributed by atoms with Crippen LogP contribution < -0.4 is 10.1 Å². The number of ketones is 1. The maximum absolute atomic E-state index is 12.8. The van der Waals surface area contributed by atoms with Gasteiger partial charge in [-0.3, -0.25) is 14.4 Å². The third-order valence-electron chi connectivity index (χ3n) is 4.86. The second kappa shape index (κ2) is 6.69. The van der Waals surface area contributed by atoms with E-state index in [0.717, 1.165) is 4.90 Å². The number of carbonyl (C=O) groups is 4. The second-order valence-corrected chi connectivity index (χ2v) is 8.96. The Kier molecular flexibility index (Phi) is 4.78. The molecule has 0 unspecified atom stereocenters. The topological polar surface area (TPSA) is 133 Å². The van der Waals surface area contributed by atoms with E-state index in [4.69, 9.17) is 4.74 Å². The Morgan fingerprint density at radius 3 is 2.57 bits per heavy atom. The molecule has 2 heterocycles. The van der Waals surface area contributed by atoms with Crippen LogP contribution in [0, 0.1) is 0 Å². The fourth-order valence-corrected chi connectivity index (χ4v) is 5.32. The zero-order valence-corrected chi connectivity index (χ0v) is 16.3. The van der Waals surface area contributed by atoms with Crippen LogP contribution in [-0.2, 0) is 19.2 Å². The van der Waals surface area contributed by atoms with Crippen molar-refractivity contribution in [3.05, 3.63) is 24.3 Å². The van der Waals surface area contributed by atoms with E-state index in [0.29, 0.717) is 0 Å². The number of ether oxygens (including phenoxy) is 1. The lowest BCUT2D eigenvalue weighted by Crippen LogP contribution is -2.82. The number of Topliss-reactive ketones (excluding diaryl/α,β-unsaturated/α-hetero) is 1. The number of phenols is 1. The van der Waals surface area contributed by atoms with Crippen molar-refractivity contribution in [1.82, 2.24) is 10.2 Å². The van der Waals surface area contributed by atoms with Crippen LogP contribution >= 0.6 is 11.8 Å². The average Bonchev–Trinajstić information content (AvgIpc) is 2.86. The van der Waals surface area contributed by atoms with Crippen LogP contribution in [-0.4, -0.2) is 67.0 Å². The van der Waals surface area contributed by atoms with Gasteiger partial charge < -0.3 is 25.2 Å². The van der Waals surface area contributed by atoms with E-state index in [9.17, 15) is 29.4 Å². The Labute approximate surface area is 165 Å². The lowest BCUT2D eigenvalue weighted by atomic mass is 9.81. The minimum absolute atomic E-state index is 0.0350. The number of fused-ring (bicyclic) bond motifs is 1. The molecule has 0 radical (unpaired) electrons. The van der Waals surface area contributed by atoms with E-state index >= 15 is 0 Å². The molecule has 3 atom stereocenters. The maximum Gasteiger partial charge on any atom is 0.327 e. The van der Waals surface area contributed by atoms with Crippen LogP contribution in [0.4, 0.5) is 0 Å². The number of thioether (sulfide) groups is 1. The zero-order chi connectivity index (χ0) is 20.9. The van der Waals surface area contributed by atoms with Crippen molar-refractivity contribution in [2.24, 2.45) is 0 Å². The van der Waals surface area contributed by atoms with Gasteiger partial charge >= 0.3 is 5.97 Å². The largest absolute Gasteiger partial charge is 0.508 e. The summed E-state index contributed by atoms with van der Waals surface area (Å²) in [5.74, 6) is -2.96. The Balaban J connectivity index is 1.77. The number of carboxylic acids is 1. The Morgan fingerprint density at radius 1 is 1.32 bits per heavy atom. The number of hydrogen-bond donors (Lipinski definition) is 3. The molecular formula is C18H20N2O7S. The van der Waals surface area contributed by atoms with Gasteiger partial charge in [0.15, 0.2) is 12.4 Å². The summed E-state index contributed by atoms with van der Waals surface area (Å²) >= 11 is 1.17. The molecule has 1 aromatic rings. The van der Waals surface area contributed by atoms with Crippen LogP contribution in [0.1, 0.15) is 20.8 Å². The van der Waals surface area contributed by atoms with Crippen molar-refractivity contribution in [1.29, 1.82) is 0 Å². The first-order valence-electron chi connectivity index (χ1n) is 8.48. The third-order valence-corrected chi connectivity index (χ3v) is 6.50. The van der Waals surface area contributed by atoms with Crippen molar-refractivity contribution in [2.45, 2.75) is 42.5 Å². The van der Waals surface area contributed by atoms with E-state index in [1.807, 2.05) is 0 Å². The number of aliphatic carboxylic acids is 1. The predicted octanol–water partition coefficient (Wildman–Crippen LogP) is 0.362. The minimum Gasteiger partial charge on any atom is -0.508 e. The molecule has 2 saturated heterocycles. The molecule has 3 N–H and O–H groups in total. The summed E-state index contributed by atoms with van der Waals surface area (Å²) in [4.78, 5) is 50.3. The molecule has 1 aromatic carbocycles. The van der Waals surface area contributed by atoms with Crippen molar-refractivity contribution in [3.8, 4) is 11.5 Å². The number of β-lactam (4-membered cyclic amide) rings is 1. The van der Waals surface area contributed by atoms with Crippen LogP contribution in [0.25, 0.3) is 0 Å². The van der Waals surface area contributed by atoms with Crippen molar-refractivity contribution in [3.63, 3.8) is 0 Å². The minimum atomic E-state index is -1.81. The molecule has 2 fully saturated rings. The molecule has 2 amide bonds. The van der Waals surface area contributed by atoms with Gasteiger partial charge in [0.25, 0.3) is 11.8 Å². The van der Waals surface area contributed by atoms with E-state index in [1.165, 1.54) is 43.0 Å². The molecule has 2 aliphatic heterocycles. The van der Waals surface area contributed by atoms with Crippen LogP contribution in [0.5, 0.6) is 11.5 Å². The summed E-state index contributed by atoms with van der Waals surface area (Å²) < 4.78 is 4.45. The molecule has 0 spiro atoms. The number of carboxylic acid groups (broad SMARTS) is 1. The number of aromatic hydroxyl groups is 1. The average molecular weight is 408 g/mol. The molecule has 2 aliphatic rings. The molecule has 150 valence electrons. The lowest BCUT2D eigenvalue weighted by molar-refractivity contribution is -0.172. The first-order chi connectivity index (χ1) is 13.0. The SMILES string of the molecule is CC(=O)[C@]1(NC(=O)COc2cccc(O)c2)C(=O)N2[C@@H](C(=O)O)C(C)(C)S[C@@H]21. The fourth-order valence-electron chi connectivity index (χ4n) is 3.57. The third kappa shape index (κ3) is 2.97. The first-order valence-corrected chi connectivity index (χ1v) is 9.36. The van der Waals surface area contributed by atoms with Gasteiger partial charge in [0.05, 0.1) is 0 Å². The molecule has 28 heavy (non-hydrogen) atoms. The number of phenolic OH excluding ortho intramolecular Hbond substituents is 1. The number of hydrogen-bond acceptors (Lipinski definition) is 7. The van der Waals surface area contributed by atoms with Gasteiger partial charge in [-0.2, -0.15) is 0 Å². The van der Waals surface area contributed by atoms with Gasteiger partial charge in [0.1, 0.15) is 22.9 Å². The number of benzene rings is 1. The number of nitrogens with one attached hydrogen (secondary N) is 1. The number of rotatable bonds is 6. The fraction of sp³-hybridized carbons (Fsp3) is 0.444. The quantitative estimate of drug-likeness (QED) is 0.454. The monoisotopic (exact) mass is 408 g/mol. The van der Waals surface area contributed by atoms with Crippen LogP contribution in [0.2, 0.25) is 0 Å². The molecule has 0 aromatic heterocycles. The van der Waals surface area contributed by atoms with Crippen LogP contribution in [0.3, 0.4) is 0 Å². The van der Waals surface area contributed by atoms with E-state index in [1.54, 1.807) is 13.8 Å². The number of nitrogens with zero attached hydrogens (tertiary/aromatic N) is 1. The van der Waals surface area contributed by atoms with Gasteiger partial charge in [0.2, 0.25) is 5.54 Å². The van der Waals surface area contributed by atoms with Gasteiger partial charge in [-0.15, -0.1) is 11.8 Å². The van der Waals surface area contributed by atoms with Crippen LogP contribution in [0.15, 0.2) is 24.3 Å². The normalized spacial score (nSPS) is 27.5. The van der Waals surface area contributed by atoms with E-state index in [2.05, 4.69) is 5.32 Å². The molecule has 9 nitrogen and oxygen atoms in total. The summed E-state index contributed by atoms with van der Waals surface area (Å²) in [5.41, 5.74) is -1.81. The highest BCUT2D eigenvalue weighted by Gasteiger charge is 2.74. The van der Waals surface area contributed by atoms with Gasteiger partial charge in [-0.25, -0.2) is 4.79 Å². The molecule has 3 rings (SSSR count). The van der Waals surface area contributed by atoms with E-state index in [-0.39, 0.29) is 11.5 Å². The maximum atomic E-state index is 12.8. The highest BCUT2D eigenvalue weighted by molar-refractivity contribution is 8.01. The van der Waals surface area contributed by atoms with Crippen molar-refractivity contribution >= 4 is 35.3 Å². The molecule has 0 aliphatic carbocycles. The summed E-state index contributed by atoms with van der Waals surface area (Å²) in [6.07, 6.45) is 0. The molecular weight excluding hydrogens is 388 g/mol. The summed E-state index contributed by atoms with van der Waals surface area (Å²) in [5, 5.41) is 20.6. The Morgan fingerprint density at radius 2 is 2.00 bits per heavy atom. The van der Waals surface area contributed by atoms with Gasteiger partial charge in [-0.05, 0) is 32.9 Å². The molecule has 0 bridgehead atoms. The Bertz CT molecular complexity index is 871. The van der Waals surface area contributed by atoms with Crippen molar-refractivity contribution in [2.75, 3.05) is 6.61 Å². The molecule has 10 heteroatoms. The highest BCUT2D eigenvalue weighted by Crippen LogP contribution is 2.55. The van der Waals surface area contributed by atoms with Gasteiger partial charge in [0, 0.05) is 10.8 Å². The van der Waals surface area contributed by atoms with E-state index < -0.39 is 51.9 Å². The highest BCUT2D eigenvalue weighted by atomic mass is 32.2. The summed E-state index contributed by atoms with van der Waals surface area (Å²) in [6, 6.07) is 4.74. The second-order valence-electron chi connectivity index (χ2n) is 7.23. The molecule has 0 saturated carbocycles. The number of carbonyl (C=O) groups excluding carboxylic acids is 3. The predicted molar refractivity (Wildman–Crippen MR) is 98.9 cm³/mol. The summed E-state index contributed by atoms with van der Waals surface area (Å²) in [7, 11) is 0. The van der Waals surface area contributed by atoms with Crippen molar-refractivity contribution < 1.29 is 34.1 Å².